The van der Waals surface area contributed by atoms with Crippen LogP contribution in [0, 0.1) is 0 Å². The van der Waals surface area contributed by atoms with Crippen molar-refractivity contribution in [3.8, 4) is 0 Å². The molecule has 0 aliphatic carbocycles. The number of rotatable bonds is 2. The second-order valence-corrected chi connectivity index (χ2v) is 7.88. The average molecular weight is 360 g/mol. The highest BCUT2D eigenvalue weighted by atomic mass is 35.5. The molecule has 2 aliphatic heterocycles. The Morgan fingerprint density at radius 2 is 2.04 bits per heavy atom. The van der Waals surface area contributed by atoms with Crippen molar-refractivity contribution in [3.63, 3.8) is 0 Å². The molecular weight excluding hydrogens is 338 g/mol. The third-order valence-electron chi connectivity index (χ3n) is 4.17. The highest BCUT2D eigenvalue weighted by Crippen LogP contribution is 2.27. The fraction of sp³-hybridized carbons (Fsp3) is 0.533. The molecule has 0 spiro atoms. The maximum Gasteiger partial charge on any atom is 0.243 e. The number of fused-ring (bicyclic) bond motifs is 1. The van der Waals surface area contributed by atoms with E-state index in [9.17, 15) is 13.2 Å². The van der Waals surface area contributed by atoms with Crippen LogP contribution in [0.15, 0.2) is 23.1 Å². The molecule has 1 aromatic carbocycles. The van der Waals surface area contributed by atoms with E-state index < -0.39 is 10.0 Å². The first-order valence-electron chi connectivity index (χ1n) is 7.63. The van der Waals surface area contributed by atoms with Crippen LogP contribution >= 0.6 is 12.4 Å². The summed E-state index contributed by atoms with van der Waals surface area (Å²) in [6.07, 6.45) is 1.94. The van der Waals surface area contributed by atoms with Crippen LogP contribution in [-0.2, 0) is 21.2 Å². The molecule has 0 radical (unpaired) electrons. The van der Waals surface area contributed by atoms with Crippen molar-refractivity contribution in [2.45, 2.75) is 37.1 Å². The zero-order chi connectivity index (χ0) is 15.7. The summed E-state index contributed by atoms with van der Waals surface area (Å²) in [4.78, 5) is 11.9. The van der Waals surface area contributed by atoms with Gasteiger partial charge < -0.3 is 10.6 Å². The number of nitrogens with zero attached hydrogens (tertiary/aromatic N) is 1. The van der Waals surface area contributed by atoms with Crippen LogP contribution in [0.3, 0.4) is 0 Å². The lowest BCUT2D eigenvalue weighted by atomic mass is 10.1. The lowest BCUT2D eigenvalue weighted by Crippen LogP contribution is -2.51. The predicted molar refractivity (Wildman–Crippen MR) is 91.5 cm³/mol. The Morgan fingerprint density at radius 3 is 2.78 bits per heavy atom. The van der Waals surface area contributed by atoms with Crippen molar-refractivity contribution < 1.29 is 13.2 Å². The van der Waals surface area contributed by atoms with E-state index in [0.29, 0.717) is 31.0 Å². The number of nitrogens with one attached hydrogen (secondary N) is 2. The van der Waals surface area contributed by atoms with Crippen LogP contribution in [0.2, 0.25) is 0 Å². The van der Waals surface area contributed by atoms with Gasteiger partial charge in [-0.25, -0.2) is 8.42 Å². The minimum atomic E-state index is -3.47. The number of hydrogen-bond acceptors (Lipinski definition) is 4. The van der Waals surface area contributed by atoms with Gasteiger partial charge in [0.25, 0.3) is 0 Å². The van der Waals surface area contributed by atoms with E-state index >= 15 is 0 Å². The van der Waals surface area contributed by atoms with Crippen molar-refractivity contribution in [2.24, 2.45) is 0 Å². The molecule has 1 atom stereocenters. The second-order valence-electron chi connectivity index (χ2n) is 5.94. The number of hydrogen-bond donors (Lipinski definition) is 2. The normalized spacial score (nSPS) is 22.5. The molecule has 23 heavy (non-hydrogen) atoms. The average Bonchev–Trinajstić information content (AvgIpc) is 2.67. The van der Waals surface area contributed by atoms with Gasteiger partial charge in [0.2, 0.25) is 15.9 Å². The standard InChI is InChI=1S/C15H21N3O3S.ClH/c1-11-10-18(8-7-16-11)22(20,21)13-5-6-14-12(9-13)3-2-4-15(19)17-14;/h5-6,9,11,16H,2-4,7-8,10H2,1H3,(H,17,19);1H. The van der Waals surface area contributed by atoms with Gasteiger partial charge >= 0.3 is 0 Å². The third-order valence-corrected chi connectivity index (χ3v) is 6.03. The lowest BCUT2D eigenvalue weighted by molar-refractivity contribution is -0.116. The van der Waals surface area contributed by atoms with Gasteiger partial charge in [0, 0.05) is 37.8 Å². The van der Waals surface area contributed by atoms with E-state index in [0.717, 1.165) is 24.1 Å². The fourth-order valence-corrected chi connectivity index (χ4v) is 4.56. The highest BCUT2D eigenvalue weighted by molar-refractivity contribution is 7.89. The summed E-state index contributed by atoms with van der Waals surface area (Å²) in [5, 5.41) is 6.08. The van der Waals surface area contributed by atoms with Crippen molar-refractivity contribution in [1.82, 2.24) is 9.62 Å². The number of halogens is 1. The number of sulfonamides is 1. The second kappa shape index (κ2) is 7.17. The Morgan fingerprint density at radius 1 is 1.26 bits per heavy atom. The van der Waals surface area contributed by atoms with Crippen molar-refractivity contribution in [2.75, 3.05) is 25.0 Å². The largest absolute Gasteiger partial charge is 0.326 e. The molecule has 128 valence electrons. The quantitative estimate of drug-likeness (QED) is 0.835. The number of carbonyl (C=O) groups excluding carboxylic acids is 1. The molecule has 1 amide bonds. The zero-order valence-corrected chi connectivity index (χ0v) is 14.7. The number of benzene rings is 1. The van der Waals surface area contributed by atoms with E-state index in [4.69, 9.17) is 0 Å². The molecule has 2 heterocycles. The minimum Gasteiger partial charge on any atom is -0.326 e. The Balaban J connectivity index is 0.00000192. The lowest BCUT2D eigenvalue weighted by Gasteiger charge is -2.31. The molecule has 1 aromatic rings. The van der Waals surface area contributed by atoms with E-state index in [1.54, 1.807) is 18.2 Å². The van der Waals surface area contributed by atoms with Gasteiger partial charge in [-0.15, -0.1) is 12.4 Å². The van der Waals surface area contributed by atoms with Gasteiger partial charge in [-0.3, -0.25) is 4.79 Å². The van der Waals surface area contributed by atoms with Crippen molar-refractivity contribution in [3.05, 3.63) is 23.8 Å². The highest BCUT2D eigenvalue weighted by Gasteiger charge is 2.29. The first kappa shape index (κ1) is 18.2. The van der Waals surface area contributed by atoms with Crippen molar-refractivity contribution >= 4 is 34.0 Å². The monoisotopic (exact) mass is 359 g/mol. The van der Waals surface area contributed by atoms with Crippen LogP contribution in [0.5, 0.6) is 0 Å². The van der Waals surface area contributed by atoms with Crippen LogP contribution in [0.1, 0.15) is 25.3 Å². The summed E-state index contributed by atoms with van der Waals surface area (Å²) in [5.41, 5.74) is 1.63. The molecule has 1 unspecified atom stereocenters. The van der Waals surface area contributed by atoms with Gasteiger partial charge in [-0.05, 0) is 43.5 Å². The maximum absolute atomic E-state index is 12.8. The number of piperazine rings is 1. The van der Waals surface area contributed by atoms with E-state index in [1.807, 2.05) is 6.92 Å². The fourth-order valence-electron chi connectivity index (χ4n) is 2.98. The third kappa shape index (κ3) is 3.85. The number of amides is 1. The molecule has 0 aromatic heterocycles. The van der Waals surface area contributed by atoms with Gasteiger partial charge in [-0.1, -0.05) is 0 Å². The summed E-state index contributed by atoms with van der Waals surface area (Å²) in [6.45, 7) is 3.62. The van der Waals surface area contributed by atoms with Gasteiger partial charge in [0.05, 0.1) is 4.90 Å². The molecule has 2 aliphatic rings. The van der Waals surface area contributed by atoms with Crippen LogP contribution < -0.4 is 10.6 Å². The minimum absolute atomic E-state index is 0. The van der Waals surface area contributed by atoms with Crippen molar-refractivity contribution in [1.29, 1.82) is 0 Å². The molecule has 0 bridgehead atoms. The first-order chi connectivity index (χ1) is 10.5. The number of aryl methyl sites for hydroxylation is 1. The molecular formula is C15H22ClN3O3S. The molecule has 8 heteroatoms. The number of anilines is 1. The Labute approximate surface area is 143 Å². The summed E-state index contributed by atoms with van der Waals surface area (Å²) in [5.74, 6) is -0.00899. The van der Waals surface area contributed by atoms with Crippen LogP contribution in [0.4, 0.5) is 5.69 Å². The SMILES string of the molecule is CC1CN(S(=O)(=O)c2ccc3c(c2)CCCC(=O)N3)CCN1.Cl. The predicted octanol–water partition coefficient (Wildman–Crippen LogP) is 1.37. The van der Waals surface area contributed by atoms with Gasteiger partial charge in [-0.2, -0.15) is 4.31 Å². The molecule has 2 N–H and O–H groups in total. The van der Waals surface area contributed by atoms with E-state index in [-0.39, 0.29) is 24.4 Å². The van der Waals surface area contributed by atoms with Crippen LogP contribution in [0.25, 0.3) is 0 Å². The summed E-state index contributed by atoms with van der Waals surface area (Å²) >= 11 is 0. The smallest absolute Gasteiger partial charge is 0.243 e. The maximum atomic E-state index is 12.8. The summed E-state index contributed by atoms with van der Waals surface area (Å²) in [6, 6.07) is 5.16. The molecule has 1 fully saturated rings. The Bertz CT molecular complexity index is 693. The summed E-state index contributed by atoms with van der Waals surface area (Å²) in [7, 11) is -3.47. The molecule has 6 nitrogen and oxygen atoms in total. The molecule has 0 saturated carbocycles. The van der Waals surface area contributed by atoms with E-state index in [2.05, 4.69) is 10.6 Å². The number of carbonyl (C=O) groups is 1. The van der Waals surface area contributed by atoms with E-state index in [1.165, 1.54) is 4.31 Å². The topological polar surface area (TPSA) is 78.5 Å². The summed E-state index contributed by atoms with van der Waals surface area (Å²) < 4.78 is 27.1. The Hall–Kier alpha value is -1.15. The first-order valence-corrected chi connectivity index (χ1v) is 9.07. The molecule has 3 rings (SSSR count). The molecule has 1 saturated heterocycles. The Kier molecular flexibility index (Phi) is 5.67. The van der Waals surface area contributed by atoms with Crippen LogP contribution in [-0.4, -0.2) is 44.3 Å². The van der Waals surface area contributed by atoms with Gasteiger partial charge in [0.1, 0.15) is 0 Å². The van der Waals surface area contributed by atoms with Gasteiger partial charge in [0.15, 0.2) is 0 Å². The zero-order valence-electron chi connectivity index (χ0n) is 13.0.